The highest BCUT2D eigenvalue weighted by molar-refractivity contribution is 7.98. The second-order valence-corrected chi connectivity index (χ2v) is 4.59. The largest absolute Gasteiger partial charge is 0.289 e. The monoisotopic (exact) mass is 255 g/mol. The van der Waals surface area contributed by atoms with Crippen LogP contribution in [0.25, 0.3) is 6.08 Å². The molecule has 0 saturated heterocycles. The molecule has 0 fully saturated rings. The van der Waals surface area contributed by atoms with E-state index in [2.05, 4.69) is 4.98 Å². The quantitative estimate of drug-likeness (QED) is 0.474. The van der Waals surface area contributed by atoms with Crippen molar-refractivity contribution < 1.29 is 4.79 Å². The van der Waals surface area contributed by atoms with Crippen LogP contribution in [-0.2, 0) is 0 Å². The van der Waals surface area contributed by atoms with Crippen molar-refractivity contribution in [3.63, 3.8) is 0 Å². The fourth-order valence-electron chi connectivity index (χ4n) is 1.49. The maximum absolute atomic E-state index is 11.8. The fraction of sp³-hybridized carbons (Fsp3) is 0.0667. The number of hydrogen-bond acceptors (Lipinski definition) is 3. The van der Waals surface area contributed by atoms with Crippen LogP contribution in [0.4, 0.5) is 0 Å². The van der Waals surface area contributed by atoms with E-state index in [9.17, 15) is 4.79 Å². The van der Waals surface area contributed by atoms with Crippen LogP contribution in [0.15, 0.2) is 59.8 Å². The molecule has 0 bridgehead atoms. The van der Waals surface area contributed by atoms with Crippen LogP contribution in [0.3, 0.4) is 0 Å². The van der Waals surface area contributed by atoms with E-state index in [1.54, 1.807) is 42.4 Å². The summed E-state index contributed by atoms with van der Waals surface area (Å²) >= 11 is 1.70. The van der Waals surface area contributed by atoms with Gasteiger partial charge in [0.2, 0.25) is 0 Å². The normalized spacial score (nSPS) is 10.7. The van der Waals surface area contributed by atoms with Gasteiger partial charge in [-0.15, -0.1) is 11.8 Å². The first-order valence-electron chi connectivity index (χ1n) is 5.56. The van der Waals surface area contributed by atoms with Crippen molar-refractivity contribution in [2.75, 3.05) is 6.26 Å². The first-order chi connectivity index (χ1) is 8.79. The molecule has 0 radical (unpaired) electrons. The van der Waals surface area contributed by atoms with Crippen molar-refractivity contribution in [1.29, 1.82) is 0 Å². The van der Waals surface area contributed by atoms with Crippen LogP contribution >= 0.6 is 11.8 Å². The highest BCUT2D eigenvalue weighted by atomic mass is 32.2. The summed E-state index contributed by atoms with van der Waals surface area (Å²) in [6.45, 7) is 0. The van der Waals surface area contributed by atoms with Crippen LogP contribution in [-0.4, -0.2) is 17.0 Å². The number of allylic oxidation sites excluding steroid dienone is 1. The Hall–Kier alpha value is -1.87. The zero-order valence-corrected chi connectivity index (χ0v) is 10.9. The molecule has 0 aliphatic carbocycles. The summed E-state index contributed by atoms with van der Waals surface area (Å²) in [6, 6.07) is 11.6. The van der Waals surface area contributed by atoms with Crippen molar-refractivity contribution >= 4 is 23.6 Å². The van der Waals surface area contributed by atoms with E-state index in [-0.39, 0.29) is 5.78 Å². The van der Waals surface area contributed by atoms with Crippen molar-refractivity contribution in [2.45, 2.75) is 4.90 Å². The molecule has 0 atom stereocenters. The minimum absolute atomic E-state index is 0.0305. The third-order valence-corrected chi connectivity index (χ3v) is 3.23. The second kappa shape index (κ2) is 6.17. The van der Waals surface area contributed by atoms with Gasteiger partial charge in [-0.3, -0.25) is 9.78 Å². The van der Waals surface area contributed by atoms with Gasteiger partial charge in [0.15, 0.2) is 5.78 Å². The third-order valence-electron chi connectivity index (χ3n) is 2.49. The average Bonchev–Trinajstić information content (AvgIpc) is 2.46. The topological polar surface area (TPSA) is 30.0 Å². The standard InChI is InChI=1S/C15H13NOS/c1-18-14-7-4-12(5-8-14)6-9-15(17)13-3-2-10-16-11-13/h2-11H,1H3. The first-order valence-corrected chi connectivity index (χ1v) is 6.78. The predicted octanol–water partition coefficient (Wildman–Crippen LogP) is 3.70. The Bertz CT molecular complexity index is 546. The van der Waals surface area contributed by atoms with E-state index in [4.69, 9.17) is 0 Å². The molecule has 0 amide bonds. The van der Waals surface area contributed by atoms with Crippen molar-refractivity contribution in [2.24, 2.45) is 0 Å². The van der Waals surface area contributed by atoms with E-state index in [1.807, 2.05) is 36.6 Å². The molecule has 1 aromatic carbocycles. The molecule has 2 rings (SSSR count). The summed E-state index contributed by atoms with van der Waals surface area (Å²) in [5, 5.41) is 0. The summed E-state index contributed by atoms with van der Waals surface area (Å²) < 4.78 is 0. The van der Waals surface area contributed by atoms with Crippen molar-refractivity contribution in [3.05, 3.63) is 66.0 Å². The van der Waals surface area contributed by atoms with E-state index in [1.165, 1.54) is 4.90 Å². The Balaban J connectivity index is 2.08. The average molecular weight is 255 g/mol. The Morgan fingerprint density at radius 1 is 1.22 bits per heavy atom. The van der Waals surface area contributed by atoms with Gasteiger partial charge in [-0.1, -0.05) is 18.2 Å². The molecule has 0 unspecified atom stereocenters. The Kier molecular flexibility index (Phi) is 4.31. The van der Waals surface area contributed by atoms with Crippen LogP contribution in [0, 0.1) is 0 Å². The van der Waals surface area contributed by atoms with Gasteiger partial charge in [-0.2, -0.15) is 0 Å². The maximum atomic E-state index is 11.8. The number of carbonyl (C=O) groups excluding carboxylic acids is 1. The Labute approximate surface area is 111 Å². The molecule has 1 heterocycles. The highest BCUT2D eigenvalue weighted by Gasteiger charge is 1.99. The zero-order chi connectivity index (χ0) is 12.8. The van der Waals surface area contributed by atoms with E-state index < -0.39 is 0 Å². The zero-order valence-electron chi connectivity index (χ0n) is 10.0. The van der Waals surface area contributed by atoms with E-state index in [0.29, 0.717) is 5.56 Å². The van der Waals surface area contributed by atoms with Crippen molar-refractivity contribution in [3.8, 4) is 0 Å². The molecule has 90 valence electrons. The number of ketones is 1. The van der Waals surface area contributed by atoms with Gasteiger partial charge in [-0.05, 0) is 42.2 Å². The molecule has 0 spiro atoms. The van der Waals surface area contributed by atoms with Crippen LogP contribution in [0.1, 0.15) is 15.9 Å². The van der Waals surface area contributed by atoms with E-state index in [0.717, 1.165) is 5.56 Å². The van der Waals surface area contributed by atoms with Gasteiger partial charge in [0.1, 0.15) is 0 Å². The number of aromatic nitrogens is 1. The molecule has 0 saturated carbocycles. The molecule has 0 N–H and O–H groups in total. The lowest BCUT2D eigenvalue weighted by atomic mass is 10.1. The Morgan fingerprint density at radius 2 is 2.00 bits per heavy atom. The number of hydrogen-bond donors (Lipinski definition) is 0. The number of benzene rings is 1. The number of thioether (sulfide) groups is 1. The summed E-state index contributed by atoms with van der Waals surface area (Å²) in [6.07, 6.45) is 8.66. The number of pyridine rings is 1. The smallest absolute Gasteiger partial charge is 0.187 e. The number of carbonyl (C=O) groups is 1. The van der Waals surface area contributed by atoms with Gasteiger partial charge in [-0.25, -0.2) is 0 Å². The van der Waals surface area contributed by atoms with Gasteiger partial charge in [0, 0.05) is 22.9 Å². The molecule has 1 aromatic heterocycles. The summed E-state index contributed by atoms with van der Waals surface area (Å²) in [5.41, 5.74) is 1.62. The van der Waals surface area contributed by atoms with Crippen molar-refractivity contribution in [1.82, 2.24) is 4.98 Å². The lowest BCUT2D eigenvalue weighted by Gasteiger charge is -1.97. The lowest BCUT2D eigenvalue weighted by Crippen LogP contribution is -1.93. The minimum Gasteiger partial charge on any atom is -0.289 e. The maximum Gasteiger partial charge on any atom is 0.187 e. The van der Waals surface area contributed by atoms with Crippen LogP contribution < -0.4 is 0 Å². The fourth-order valence-corrected chi connectivity index (χ4v) is 1.90. The molecular weight excluding hydrogens is 242 g/mol. The molecule has 0 aliphatic heterocycles. The molecule has 0 aliphatic rings. The Morgan fingerprint density at radius 3 is 2.61 bits per heavy atom. The molecule has 2 nitrogen and oxygen atoms in total. The van der Waals surface area contributed by atoms with Gasteiger partial charge in [0.25, 0.3) is 0 Å². The lowest BCUT2D eigenvalue weighted by molar-refractivity contribution is 0.104. The van der Waals surface area contributed by atoms with Crippen LogP contribution in [0.2, 0.25) is 0 Å². The second-order valence-electron chi connectivity index (χ2n) is 3.71. The minimum atomic E-state index is -0.0305. The number of nitrogens with zero attached hydrogens (tertiary/aromatic N) is 1. The SMILES string of the molecule is CSc1ccc(C=CC(=O)c2cccnc2)cc1. The van der Waals surface area contributed by atoms with Gasteiger partial charge >= 0.3 is 0 Å². The summed E-state index contributed by atoms with van der Waals surface area (Å²) in [4.78, 5) is 16.9. The molecule has 18 heavy (non-hydrogen) atoms. The third kappa shape index (κ3) is 3.31. The van der Waals surface area contributed by atoms with E-state index >= 15 is 0 Å². The number of rotatable bonds is 4. The predicted molar refractivity (Wildman–Crippen MR) is 75.8 cm³/mol. The summed E-state index contributed by atoms with van der Waals surface area (Å²) in [5.74, 6) is -0.0305. The molecule has 2 aromatic rings. The van der Waals surface area contributed by atoms with Gasteiger partial charge in [0.05, 0.1) is 0 Å². The molecular formula is C15H13NOS. The van der Waals surface area contributed by atoms with Gasteiger partial charge < -0.3 is 0 Å². The highest BCUT2D eigenvalue weighted by Crippen LogP contribution is 2.15. The molecule has 3 heteroatoms. The van der Waals surface area contributed by atoms with Crippen LogP contribution in [0.5, 0.6) is 0 Å². The summed E-state index contributed by atoms with van der Waals surface area (Å²) in [7, 11) is 0. The first kappa shape index (κ1) is 12.6.